The van der Waals surface area contributed by atoms with E-state index >= 15 is 0 Å². The van der Waals surface area contributed by atoms with Crippen molar-refractivity contribution in [2.45, 2.75) is 32.4 Å². The van der Waals surface area contributed by atoms with Crippen molar-refractivity contribution in [1.82, 2.24) is 5.32 Å². The zero-order valence-corrected chi connectivity index (χ0v) is 14.5. The van der Waals surface area contributed by atoms with Crippen molar-refractivity contribution in [2.75, 3.05) is 18.0 Å². The fourth-order valence-corrected chi connectivity index (χ4v) is 3.37. The number of hydrogen-bond acceptors (Lipinski definition) is 4. The summed E-state index contributed by atoms with van der Waals surface area (Å²) in [6.07, 6.45) is 2.18. The first-order valence-corrected chi connectivity index (χ1v) is 8.75. The summed E-state index contributed by atoms with van der Waals surface area (Å²) < 4.78 is 0. The number of piperidine rings is 1. The maximum atomic E-state index is 11.5. The average Bonchev–Trinajstić information content (AvgIpc) is 2.67. The number of carbonyl (C=O) groups is 1. The first-order valence-electron chi connectivity index (χ1n) is 8.75. The number of ketones is 1. The highest BCUT2D eigenvalue weighted by Crippen LogP contribution is 2.25. The Hall–Kier alpha value is -2.64. The standard InChI is InChI=1S/C21H23N3O/c1-16(25)19-5-7-20(8-6-19)24(21-9-11-23-12-10-21)15-18-4-2-3-17(13-18)14-22/h2-8,13,21,23H,9-12,15H2,1H3. The molecule has 0 atom stereocenters. The molecule has 1 saturated heterocycles. The van der Waals surface area contributed by atoms with E-state index in [-0.39, 0.29) is 5.78 Å². The van der Waals surface area contributed by atoms with E-state index in [1.807, 2.05) is 42.5 Å². The van der Waals surface area contributed by atoms with Crippen molar-refractivity contribution in [1.29, 1.82) is 5.26 Å². The molecule has 2 aromatic carbocycles. The minimum Gasteiger partial charge on any atom is -0.364 e. The molecule has 0 aromatic heterocycles. The Bertz CT molecular complexity index is 770. The monoisotopic (exact) mass is 333 g/mol. The molecule has 1 aliphatic rings. The van der Waals surface area contributed by atoms with E-state index in [2.05, 4.69) is 22.4 Å². The first kappa shape index (κ1) is 17.2. The first-order chi connectivity index (χ1) is 12.2. The van der Waals surface area contributed by atoms with Crippen LogP contribution in [0.4, 0.5) is 5.69 Å². The zero-order chi connectivity index (χ0) is 17.6. The summed E-state index contributed by atoms with van der Waals surface area (Å²) in [7, 11) is 0. The van der Waals surface area contributed by atoms with Crippen LogP contribution in [0.3, 0.4) is 0 Å². The lowest BCUT2D eigenvalue weighted by molar-refractivity contribution is 0.101. The molecule has 0 saturated carbocycles. The van der Waals surface area contributed by atoms with E-state index in [0.717, 1.165) is 49.3 Å². The predicted octanol–water partition coefficient (Wildman–Crippen LogP) is 3.52. The summed E-state index contributed by atoms with van der Waals surface area (Å²) in [6.45, 7) is 4.39. The lowest BCUT2D eigenvalue weighted by Crippen LogP contribution is -2.43. The van der Waals surface area contributed by atoms with Gasteiger partial charge in [0.1, 0.15) is 0 Å². The highest BCUT2D eigenvalue weighted by molar-refractivity contribution is 5.94. The van der Waals surface area contributed by atoms with Crippen molar-refractivity contribution in [3.8, 4) is 6.07 Å². The van der Waals surface area contributed by atoms with Gasteiger partial charge >= 0.3 is 0 Å². The van der Waals surface area contributed by atoms with Gasteiger partial charge in [0, 0.05) is 23.8 Å². The van der Waals surface area contributed by atoms with E-state index in [0.29, 0.717) is 11.6 Å². The van der Waals surface area contributed by atoms with Gasteiger partial charge in [0.15, 0.2) is 5.78 Å². The number of hydrogen-bond donors (Lipinski definition) is 1. The summed E-state index contributed by atoms with van der Waals surface area (Å²) >= 11 is 0. The van der Waals surface area contributed by atoms with Gasteiger partial charge in [-0.15, -0.1) is 0 Å². The highest BCUT2D eigenvalue weighted by atomic mass is 16.1. The molecule has 3 rings (SSSR count). The molecule has 0 amide bonds. The molecule has 1 N–H and O–H groups in total. The Morgan fingerprint density at radius 2 is 1.92 bits per heavy atom. The molecule has 1 heterocycles. The fraction of sp³-hybridized carbons (Fsp3) is 0.333. The second kappa shape index (κ2) is 7.96. The van der Waals surface area contributed by atoms with Crippen LogP contribution in [0.25, 0.3) is 0 Å². The van der Waals surface area contributed by atoms with Crippen LogP contribution < -0.4 is 10.2 Å². The predicted molar refractivity (Wildman–Crippen MR) is 99.7 cm³/mol. The van der Waals surface area contributed by atoms with Crippen molar-refractivity contribution < 1.29 is 4.79 Å². The molecule has 0 radical (unpaired) electrons. The summed E-state index contributed by atoms with van der Waals surface area (Å²) in [5, 5.41) is 12.6. The van der Waals surface area contributed by atoms with Gasteiger partial charge < -0.3 is 10.2 Å². The molecular formula is C21H23N3O. The minimum absolute atomic E-state index is 0.0849. The molecule has 25 heavy (non-hydrogen) atoms. The van der Waals surface area contributed by atoms with Gasteiger partial charge in [0.25, 0.3) is 0 Å². The SMILES string of the molecule is CC(=O)c1ccc(N(Cc2cccc(C#N)c2)C2CCNCC2)cc1. The van der Waals surface area contributed by atoms with Crippen LogP contribution in [0.1, 0.15) is 41.3 Å². The van der Waals surface area contributed by atoms with E-state index in [9.17, 15) is 4.79 Å². The Morgan fingerprint density at radius 3 is 2.56 bits per heavy atom. The smallest absolute Gasteiger partial charge is 0.159 e. The molecule has 128 valence electrons. The summed E-state index contributed by atoms with van der Waals surface area (Å²) in [5.74, 6) is 0.0849. The molecule has 4 nitrogen and oxygen atoms in total. The molecule has 2 aromatic rings. The van der Waals surface area contributed by atoms with Gasteiger partial charge in [-0.25, -0.2) is 0 Å². The number of nitrogens with one attached hydrogen (secondary N) is 1. The number of nitrogens with zero attached hydrogens (tertiary/aromatic N) is 2. The van der Waals surface area contributed by atoms with Gasteiger partial charge in [-0.1, -0.05) is 12.1 Å². The van der Waals surface area contributed by atoms with Gasteiger partial charge in [0.05, 0.1) is 11.6 Å². The van der Waals surface area contributed by atoms with Crippen LogP contribution in [-0.4, -0.2) is 24.9 Å². The normalized spacial score (nSPS) is 14.7. The van der Waals surface area contributed by atoms with Crippen LogP contribution >= 0.6 is 0 Å². The third kappa shape index (κ3) is 4.26. The molecule has 0 spiro atoms. The quantitative estimate of drug-likeness (QED) is 0.851. The molecule has 1 aliphatic heterocycles. The third-order valence-corrected chi connectivity index (χ3v) is 4.76. The number of rotatable bonds is 5. The molecule has 0 unspecified atom stereocenters. The summed E-state index contributed by atoms with van der Waals surface area (Å²) in [4.78, 5) is 13.9. The van der Waals surface area contributed by atoms with E-state index in [1.165, 1.54) is 0 Å². The molecular weight excluding hydrogens is 310 g/mol. The van der Waals surface area contributed by atoms with Gasteiger partial charge in [-0.2, -0.15) is 5.26 Å². The number of carbonyl (C=O) groups excluding carboxylic acids is 1. The minimum atomic E-state index is 0.0849. The Labute approximate surface area is 149 Å². The van der Waals surface area contributed by atoms with Crippen LogP contribution in [0.5, 0.6) is 0 Å². The van der Waals surface area contributed by atoms with Crippen molar-refractivity contribution in [3.05, 3.63) is 65.2 Å². The fourth-order valence-electron chi connectivity index (χ4n) is 3.37. The number of anilines is 1. The van der Waals surface area contributed by atoms with Crippen molar-refractivity contribution in [2.24, 2.45) is 0 Å². The summed E-state index contributed by atoms with van der Waals surface area (Å²) in [5.41, 5.74) is 3.68. The van der Waals surface area contributed by atoms with Crippen molar-refractivity contribution >= 4 is 11.5 Å². The van der Waals surface area contributed by atoms with Gasteiger partial charge in [-0.05, 0) is 74.8 Å². The zero-order valence-electron chi connectivity index (χ0n) is 14.5. The number of benzene rings is 2. The Balaban J connectivity index is 1.88. The second-order valence-corrected chi connectivity index (χ2v) is 6.52. The molecule has 1 fully saturated rings. The maximum Gasteiger partial charge on any atom is 0.159 e. The van der Waals surface area contributed by atoms with Gasteiger partial charge in [-0.3, -0.25) is 4.79 Å². The average molecular weight is 333 g/mol. The Morgan fingerprint density at radius 1 is 1.20 bits per heavy atom. The van der Waals surface area contributed by atoms with Crippen molar-refractivity contribution in [3.63, 3.8) is 0 Å². The van der Waals surface area contributed by atoms with Crippen LogP contribution in [0, 0.1) is 11.3 Å². The number of Topliss-reactive ketones (excluding diaryl/α,β-unsaturated/α-hetero) is 1. The van der Waals surface area contributed by atoms with E-state index in [1.54, 1.807) is 6.92 Å². The third-order valence-electron chi connectivity index (χ3n) is 4.76. The van der Waals surface area contributed by atoms with Crippen LogP contribution in [0.15, 0.2) is 48.5 Å². The van der Waals surface area contributed by atoms with Gasteiger partial charge in [0.2, 0.25) is 0 Å². The highest BCUT2D eigenvalue weighted by Gasteiger charge is 2.21. The maximum absolute atomic E-state index is 11.5. The molecule has 0 aliphatic carbocycles. The van der Waals surface area contributed by atoms with Crippen LogP contribution in [0.2, 0.25) is 0 Å². The lowest BCUT2D eigenvalue weighted by Gasteiger charge is -2.36. The topological polar surface area (TPSA) is 56.1 Å². The van der Waals surface area contributed by atoms with E-state index < -0.39 is 0 Å². The van der Waals surface area contributed by atoms with Crippen LogP contribution in [-0.2, 0) is 6.54 Å². The lowest BCUT2D eigenvalue weighted by atomic mass is 10.0. The molecule has 4 heteroatoms. The Kier molecular flexibility index (Phi) is 5.47. The molecule has 0 bridgehead atoms. The second-order valence-electron chi connectivity index (χ2n) is 6.52. The summed E-state index contributed by atoms with van der Waals surface area (Å²) in [6, 6.07) is 18.3. The largest absolute Gasteiger partial charge is 0.364 e. The number of nitriles is 1. The van der Waals surface area contributed by atoms with E-state index in [4.69, 9.17) is 5.26 Å².